The van der Waals surface area contributed by atoms with Gasteiger partial charge >= 0.3 is 0 Å². The van der Waals surface area contributed by atoms with Gasteiger partial charge in [0, 0.05) is 13.0 Å². The maximum absolute atomic E-state index is 12.1. The molecule has 0 amide bonds. The summed E-state index contributed by atoms with van der Waals surface area (Å²) in [5.74, 6) is 0.714. The number of rotatable bonds is 6. The van der Waals surface area contributed by atoms with Gasteiger partial charge in [-0.2, -0.15) is 0 Å². The molecule has 0 aromatic heterocycles. The normalized spacial score (nSPS) is 16.8. The summed E-state index contributed by atoms with van der Waals surface area (Å²) < 4.78 is 5.57. The summed E-state index contributed by atoms with van der Waals surface area (Å²) in [6.07, 6.45) is 2.62. The van der Waals surface area contributed by atoms with Crippen LogP contribution in [0.3, 0.4) is 0 Å². The molecule has 17 heavy (non-hydrogen) atoms. The Morgan fingerprint density at radius 2 is 2.00 bits per heavy atom. The maximum Gasteiger partial charge on any atom is 0.166 e. The Hall–Kier alpha value is -1.15. The molecule has 1 atom stereocenters. The van der Waals surface area contributed by atoms with Crippen molar-refractivity contribution < 1.29 is 9.53 Å². The van der Waals surface area contributed by atoms with Gasteiger partial charge in [0.1, 0.15) is 6.10 Å². The fraction of sp³-hybridized carbons (Fsp3) is 0.533. The van der Waals surface area contributed by atoms with Crippen LogP contribution in [0.5, 0.6) is 0 Å². The van der Waals surface area contributed by atoms with Crippen LogP contribution in [-0.4, -0.2) is 18.5 Å². The first-order valence-electron chi connectivity index (χ1n) is 6.40. The number of Topliss-reactive ketones (excluding diaryl/α,β-unsaturated/α-hetero) is 1. The third-order valence-electron chi connectivity index (χ3n) is 3.21. The molecule has 2 nitrogen and oxygen atoms in total. The van der Waals surface area contributed by atoms with Crippen LogP contribution >= 0.6 is 0 Å². The van der Waals surface area contributed by atoms with Crippen molar-refractivity contribution in [2.45, 2.75) is 39.2 Å². The zero-order valence-corrected chi connectivity index (χ0v) is 10.6. The van der Waals surface area contributed by atoms with Crippen LogP contribution in [0.1, 0.15) is 30.9 Å². The average molecular weight is 232 g/mol. The van der Waals surface area contributed by atoms with Crippen LogP contribution in [-0.2, 0) is 16.0 Å². The van der Waals surface area contributed by atoms with Crippen LogP contribution in [0.25, 0.3) is 0 Å². The molecule has 0 radical (unpaired) electrons. The molecule has 1 aliphatic carbocycles. The largest absolute Gasteiger partial charge is 0.370 e. The summed E-state index contributed by atoms with van der Waals surface area (Å²) >= 11 is 0. The number of ether oxygens (including phenoxy) is 1. The fourth-order valence-electron chi connectivity index (χ4n) is 2.08. The third kappa shape index (κ3) is 3.40. The summed E-state index contributed by atoms with van der Waals surface area (Å²) in [5, 5.41) is 0. The summed E-state index contributed by atoms with van der Waals surface area (Å²) in [5.41, 5.74) is 2.32. The highest BCUT2D eigenvalue weighted by molar-refractivity contribution is 5.85. The summed E-state index contributed by atoms with van der Waals surface area (Å²) in [6.45, 7) is 4.63. The quantitative estimate of drug-likeness (QED) is 0.753. The van der Waals surface area contributed by atoms with Crippen LogP contribution < -0.4 is 0 Å². The van der Waals surface area contributed by atoms with E-state index in [1.807, 2.05) is 19.1 Å². The summed E-state index contributed by atoms with van der Waals surface area (Å²) in [6, 6.07) is 8.16. The number of carbonyl (C=O) groups excluding carboxylic acids is 1. The molecule has 2 heteroatoms. The topological polar surface area (TPSA) is 26.3 Å². The number of hydrogen-bond acceptors (Lipinski definition) is 2. The van der Waals surface area contributed by atoms with Crippen LogP contribution in [0, 0.1) is 12.8 Å². The Labute approximate surface area is 103 Å². The number of hydrogen-bond donors (Lipinski definition) is 0. The van der Waals surface area contributed by atoms with Gasteiger partial charge in [-0.05, 0) is 38.2 Å². The molecule has 0 heterocycles. The first-order chi connectivity index (χ1) is 8.20. The van der Waals surface area contributed by atoms with E-state index in [4.69, 9.17) is 4.74 Å². The van der Waals surface area contributed by atoms with Gasteiger partial charge in [-0.3, -0.25) is 4.79 Å². The van der Waals surface area contributed by atoms with E-state index in [1.54, 1.807) is 0 Å². The molecule has 1 fully saturated rings. The highest BCUT2D eigenvalue weighted by Gasteiger charge is 2.36. The van der Waals surface area contributed by atoms with E-state index in [0.717, 1.165) is 18.4 Å². The molecule has 0 spiro atoms. The zero-order chi connectivity index (χ0) is 12.3. The van der Waals surface area contributed by atoms with Gasteiger partial charge in [0.2, 0.25) is 0 Å². The van der Waals surface area contributed by atoms with Crippen LogP contribution in [0.2, 0.25) is 0 Å². The number of carbonyl (C=O) groups is 1. The maximum atomic E-state index is 12.1. The molecule has 1 saturated carbocycles. The lowest BCUT2D eigenvalue weighted by atomic mass is 10.0. The van der Waals surface area contributed by atoms with Crippen LogP contribution in [0.15, 0.2) is 24.3 Å². The second kappa shape index (κ2) is 5.46. The molecule has 0 N–H and O–H groups in total. The highest BCUT2D eigenvalue weighted by atomic mass is 16.5. The van der Waals surface area contributed by atoms with Gasteiger partial charge < -0.3 is 4.74 Å². The van der Waals surface area contributed by atoms with Crippen LogP contribution in [0.4, 0.5) is 0 Å². The van der Waals surface area contributed by atoms with Crippen molar-refractivity contribution in [3.8, 4) is 0 Å². The molecule has 1 aromatic rings. The van der Waals surface area contributed by atoms with E-state index < -0.39 is 0 Å². The lowest BCUT2D eigenvalue weighted by Gasteiger charge is -2.15. The first kappa shape index (κ1) is 12.3. The van der Waals surface area contributed by atoms with Crippen molar-refractivity contribution in [3.63, 3.8) is 0 Å². The predicted molar refractivity (Wildman–Crippen MR) is 68.0 cm³/mol. The minimum Gasteiger partial charge on any atom is -0.370 e. The van der Waals surface area contributed by atoms with E-state index in [-0.39, 0.29) is 11.9 Å². The van der Waals surface area contributed by atoms with Gasteiger partial charge in [0.25, 0.3) is 0 Å². The van der Waals surface area contributed by atoms with E-state index in [1.165, 1.54) is 5.56 Å². The number of benzene rings is 1. The Morgan fingerprint density at radius 1 is 1.35 bits per heavy atom. The predicted octanol–water partition coefficient (Wildman–Crippen LogP) is 2.92. The minimum atomic E-state index is -0.165. The highest BCUT2D eigenvalue weighted by Crippen LogP contribution is 2.35. The Balaban J connectivity index is 1.96. The molecule has 0 bridgehead atoms. The summed E-state index contributed by atoms with van der Waals surface area (Å²) in [7, 11) is 0. The molecule has 0 aliphatic heterocycles. The van der Waals surface area contributed by atoms with Gasteiger partial charge in [-0.15, -0.1) is 0 Å². The first-order valence-corrected chi connectivity index (χ1v) is 6.40. The van der Waals surface area contributed by atoms with Gasteiger partial charge in [0.05, 0.1) is 0 Å². The minimum absolute atomic E-state index is 0.165. The van der Waals surface area contributed by atoms with Crippen molar-refractivity contribution in [2.75, 3.05) is 6.61 Å². The SMILES string of the molecule is CCOC(C(=O)Cc1ccc(C)cc1)C1CC1. The molecule has 1 unspecified atom stereocenters. The lowest BCUT2D eigenvalue weighted by Crippen LogP contribution is -2.28. The molecule has 0 saturated heterocycles. The fourth-order valence-corrected chi connectivity index (χ4v) is 2.08. The molecule has 2 rings (SSSR count). The van der Waals surface area contributed by atoms with Crippen molar-refractivity contribution in [1.82, 2.24) is 0 Å². The Bertz CT molecular complexity index is 376. The second-order valence-electron chi connectivity index (χ2n) is 4.84. The van der Waals surface area contributed by atoms with Crippen molar-refractivity contribution >= 4 is 5.78 Å². The standard InChI is InChI=1S/C15H20O2/c1-3-17-15(13-8-9-13)14(16)10-12-6-4-11(2)5-7-12/h4-7,13,15H,3,8-10H2,1-2H3. The lowest BCUT2D eigenvalue weighted by molar-refractivity contribution is -0.130. The van der Waals surface area contributed by atoms with E-state index in [0.29, 0.717) is 18.9 Å². The van der Waals surface area contributed by atoms with E-state index >= 15 is 0 Å². The second-order valence-corrected chi connectivity index (χ2v) is 4.84. The van der Waals surface area contributed by atoms with Crippen molar-refractivity contribution in [2.24, 2.45) is 5.92 Å². The smallest absolute Gasteiger partial charge is 0.166 e. The van der Waals surface area contributed by atoms with Gasteiger partial charge in [0.15, 0.2) is 5.78 Å². The Morgan fingerprint density at radius 3 is 2.53 bits per heavy atom. The molecular weight excluding hydrogens is 212 g/mol. The van der Waals surface area contributed by atoms with Gasteiger partial charge in [-0.25, -0.2) is 0 Å². The molecule has 1 aromatic carbocycles. The zero-order valence-electron chi connectivity index (χ0n) is 10.6. The van der Waals surface area contributed by atoms with Gasteiger partial charge in [-0.1, -0.05) is 29.8 Å². The number of aryl methyl sites for hydroxylation is 1. The summed E-state index contributed by atoms with van der Waals surface area (Å²) in [4.78, 5) is 12.1. The Kier molecular flexibility index (Phi) is 3.95. The monoisotopic (exact) mass is 232 g/mol. The van der Waals surface area contributed by atoms with Crippen molar-refractivity contribution in [1.29, 1.82) is 0 Å². The molecular formula is C15H20O2. The average Bonchev–Trinajstić information content (AvgIpc) is 3.13. The number of ketones is 1. The van der Waals surface area contributed by atoms with E-state index in [2.05, 4.69) is 19.1 Å². The third-order valence-corrected chi connectivity index (χ3v) is 3.21. The molecule has 92 valence electrons. The van der Waals surface area contributed by atoms with E-state index in [9.17, 15) is 4.79 Å². The van der Waals surface area contributed by atoms with Crippen molar-refractivity contribution in [3.05, 3.63) is 35.4 Å². The molecule has 1 aliphatic rings.